The van der Waals surface area contributed by atoms with E-state index in [2.05, 4.69) is 10.2 Å². The van der Waals surface area contributed by atoms with Gasteiger partial charge in [0.15, 0.2) is 11.5 Å². The van der Waals surface area contributed by atoms with E-state index in [0.29, 0.717) is 41.8 Å². The summed E-state index contributed by atoms with van der Waals surface area (Å²) in [6, 6.07) is 3.31. The van der Waals surface area contributed by atoms with Crippen molar-refractivity contribution in [3.05, 3.63) is 22.7 Å². The molecule has 128 valence electrons. The number of benzene rings is 1. The van der Waals surface area contributed by atoms with Crippen molar-refractivity contribution in [1.29, 1.82) is 0 Å². The monoisotopic (exact) mass is 360 g/mol. The maximum atomic E-state index is 12.4. The van der Waals surface area contributed by atoms with Crippen molar-refractivity contribution in [1.82, 2.24) is 10.2 Å². The molecule has 1 N–H and O–H groups in total. The number of nitrogens with zero attached hydrogens (tertiary/aromatic N) is 1. The van der Waals surface area contributed by atoms with Gasteiger partial charge in [-0.05, 0) is 32.0 Å². The number of ether oxygens (including phenoxy) is 2. The van der Waals surface area contributed by atoms with Crippen LogP contribution in [0.4, 0.5) is 0 Å². The Hall–Kier alpha value is -1.17. The van der Waals surface area contributed by atoms with Crippen LogP contribution in [-0.2, 0) is 0 Å². The van der Waals surface area contributed by atoms with Gasteiger partial charge in [-0.15, -0.1) is 12.4 Å². The molecule has 23 heavy (non-hydrogen) atoms. The summed E-state index contributed by atoms with van der Waals surface area (Å²) in [7, 11) is 0. The Morgan fingerprint density at radius 1 is 1.17 bits per heavy atom. The van der Waals surface area contributed by atoms with Gasteiger partial charge in [0.05, 0.1) is 5.56 Å². The van der Waals surface area contributed by atoms with Gasteiger partial charge in [0.1, 0.15) is 13.2 Å². The van der Waals surface area contributed by atoms with Gasteiger partial charge in [0, 0.05) is 24.2 Å². The number of nitrogens with one attached hydrogen (secondary N) is 1. The van der Waals surface area contributed by atoms with Crippen LogP contribution in [0, 0.1) is 0 Å². The van der Waals surface area contributed by atoms with Crippen LogP contribution in [0.1, 0.15) is 29.6 Å². The summed E-state index contributed by atoms with van der Waals surface area (Å²) in [5.41, 5.74) is 0.445. The van der Waals surface area contributed by atoms with E-state index >= 15 is 0 Å². The van der Waals surface area contributed by atoms with E-state index < -0.39 is 0 Å². The molecular weight excluding hydrogens is 339 g/mol. The highest BCUT2D eigenvalue weighted by Crippen LogP contribution is 2.36. The van der Waals surface area contributed by atoms with E-state index in [1.807, 2.05) is 0 Å². The van der Waals surface area contributed by atoms with E-state index in [4.69, 9.17) is 21.1 Å². The van der Waals surface area contributed by atoms with Crippen molar-refractivity contribution in [2.24, 2.45) is 0 Å². The van der Waals surface area contributed by atoms with E-state index in [1.54, 1.807) is 12.1 Å². The first-order valence-corrected chi connectivity index (χ1v) is 8.21. The molecule has 5 nitrogen and oxygen atoms in total. The quantitative estimate of drug-likeness (QED) is 0.896. The van der Waals surface area contributed by atoms with Crippen molar-refractivity contribution >= 4 is 29.9 Å². The molecule has 0 unspecified atom stereocenters. The van der Waals surface area contributed by atoms with Crippen molar-refractivity contribution in [3.8, 4) is 11.5 Å². The Morgan fingerprint density at radius 2 is 1.91 bits per heavy atom. The fourth-order valence-electron chi connectivity index (χ4n) is 2.89. The van der Waals surface area contributed by atoms with Gasteiger partial charge >= 0.3 is 0 Å². The predicted molar refractivity (Wildman–Crippen MR) is 92.3 cm³/mol. The van der Waals surface area contributed by atoms with E-state index in [-0.39, 0.29) is 18.3 Å². The molecule has 1 fully saturated rings. The summed E-state index contributed by atoms with van der Waals surface area (Å²) in [5, 5.41) is 3.43. The molecular formula is C16H22Cl2N2O3. The largest absolute Gasteiger partial charge is 0.486 e. The molecule has 3 rings (SSSR count). The first-order chi connectivity index (χ1) is 10.7. The number of hydrogen-bond acceptors (Lipinski definition) is 4. The third kappa shape index (κ3) is 4.66. The standard InChI is InChI=1S/C16H21ClN2O3.ClH/c17-12-10-13(15-14(11-12)21-8-9-22-15)16(20)18-4-7-19-5-2-1-3-6-19;/h10-11H,1-9H2,(H,18,20);1H. The zero-order valence-electron chi connectivity index (χ0n) is 13.0. The van der Waals surface area contributed by atoms with Gasteiger partial charge in [-0.25, -0.2) is 0 Å². The van der Waals surface area contributed by atoms with Crippen molar-refractivity contribution < 1.29 is 14.3 Å². The highest BCUT2D eigenvalue weighted by Gasteiger charge is 2.22. The normalized spacial score (nSPS) is 17.3. The minimum Gasteiger partial charge on any atom is -0.486 e. The number of fused-ring (bicyclic) bond motifs is 1. The molecule has 7 heteroatoms. The maximum Gasteiger partial charge on any atom is 0.255 e. The molecule has 1 amide bonds. The lowest BCUT2D eigenvalue weighted by Gasteiger charge is -2.26. The Morgan fingerprint density at radius 3 is 2.70 bits per heavy atom. The van der Waals surface area contributed by atoms with E-state index in [9.17, 15) is 4.79 Å². The van der Waals surface area contributed by atoms with Gasteiger partial charge in [-0.1, -0.05) is 18.0 Å². The summed E-state index contributed by atoms with van der Waals surface area (Å²) < 4.78 is 11.1. The van der Waals surface area contributed by atoms with Crippen LogP contribution < -0.4 is 14.8 Å². The molecule has 1 aromatic carbocycles. The molecule has 0 saturated carbocycles. The SMILES string of the molecule is Cl.O=C(NCCN1CCCCC1)c1cc(Cl)cc2c1OCCO2. The lowest BCUT2D eigenvalue weighted by atomic mass is 10.1. The predicted octanol–water partition coefficient (Wildman–Crippen LogP) is 2.75. The first-order valence-electron chi connectivity index (χ1n) is 7.84. The Kier molecular flexibility index (Phi) is 6.81. The van der Waals surface area contributed by atoms with Gasteiger partial charge in [-0.2, -0.15) is 0 Å². The first kappa shape index (κ1) is 18.2. The van der Waals surface area contributed by atoms with Gasteiger partial charge in [0.25, 0.3) is 5.91 Å². The van der Waals surface area contributed by atoms with Crippen LogP contribution in [0.2, 0.25) is 5.02 Å². The maximum absolute atomic E-state index is 12.4. The van der Waals surface area contributed by atoms with Gasteiger partial charge in [-0.3, -0.25) is 4.79 Å². The van der Waals surface area contributed by atoms with E-state index in [0.717, 1.165) is 19.6 Å². The molecule has 0 bridgehead atoms. The minimum atomic E-state index is -0.166. The number of amides is 1. The topological polar surface area (TPSA) is 50.8 Å². The third-order valence-corrected chi connectivity index (χ3v) is 4.23. The minimum absolute atomic E-state index is 0. The summed E-state index contributed by atoms with van der Waals surface area (Å²) in [6.45, 7) is 4.68. The zero-order valence-corrected chi connectivity index (χ0v) is 14.5. The fraction of sp³-hybridized carbons (Fsp3) is 0.562. The number of halogens is 2. The zero-order chi connectivity index (χ0) is 15.4. The van der Waals surface area contributed by atoms with Crippen LogP contribution in [0.15, 0.2) is 12.1 Å². The Labute approximate surface area is 147 Å². The average Bonchev–Trinajstić information content (AvgIpc) is 2.55. The lowest BCUT2D eigenvalue weighted by Crippen LogP contribution is -2.37. The second-order valence-electron chi connectivity index (χ2n) is 5.64. The van der Waals surface area contributed by atoms with Crippen molar-refractivity contribution in [2.75, 3.05) is 39.4 Å². The molecule has 0 atom stereocenters. The van der Waals surface area contributed by atoms with Gasteiger partial charge in [0.2, 0.25) is 0 Å². The molecule has 2 aliphatic rings. The Balaban J connectivity index is 0.00000192. The highest BCUT2D eigenvalue weighted by molar-refractivity contribution is 6.31. The number of carbonyl (C=O) groups excluding carboxylic acids is 1. The summed E-state index contributed by atoms with van der Waals surface area (Å²) in [6.07, 6.45) is 3.82. The van der Waals surface area contributed by atoms with E-state index in [1.165, 1.54) is 19.3 Å². The number of hydrogen-bond donors (Lipinski definition) is 1. The number of rotatable bonds is 4. The second-order valence-corrected chi connectivity index (χ2v) is 6.07. The number of carbonyl (C=O) groups is 1. The molecule has 0 radical (unpaired) electrons. The summed E-state index contributed by atoms with van der Waals surface area (Å²) in [5.74, 6) is 0.868. The van der Waals surface area contributed by atoms with Crippen molar-refractivity contribution in [3.63, 3.8) is 0 Å². The molecule has 2 heterocycles. The molecule has 1 saturated heterocycles. The Bertz CT molecular complexity index is 548. The molecule has 1 aromatic rings. The second kappa shape index (κ2) is 8.62. The summed E-state index contributed by atoms with van der Waals surface area (Å²) in [4.78, 5) is 14.8. The van der Waals surface area contributed by atoms with Crippen LogP contribution in [0.5, 0.6) is 11.5 Å². The number of piperidine rings is 1. The van der Waals surface area contributed by atoms with Crippen molar-refractivity contribution in [2.45, 2.75) is 19.3 Å². The fourth-order valence-corrected chi connectivity index (χ4v) is 3.10. The van der Waals surface area contributed by atoms with Crippen LogP contribution in [-0.4, -0.2) is 50.2 Å². The molecule has 2 aliphatic heterocycles. The smallest absolute Gasteiger partial charge is 0.255 e. The molecule has 0 spiro atoms. The van der Waals surface area contributed by atoms with Crippen LogP contribution in [0.3, 0.4) is 0 Å². The van der Waals surface area contributed by atoms with Crippen LogP contribution >= 0.6 is 24.0 Å². The average molecular weight is 361 g/mol. The lowest BCUT2D eigenvalue weighted by molar-refractivity contribution is 0.0935. The van der Waals surface area contributed by atoms with Gasteiger partial charge < -0.3 is 19.7 Å². The van der Waals surface area contributed by atoms with Crippen LogP contribution in [0.25, 0.3) is 0 Å². The third-order valence-electron chi connectivity index (χ3n) is 4.01. The molecule has 0 aromatic heterocycles. The molecule has 0 aliphatic carbocycles. The summed E-state index contributed by atoms with van der Waals surface area (Å²) >= 11 is 6.06. The highest BCUT2D eigenvalue weighted by atomic mass is 35.5. The number of likely N-dealkylation sites (tertiary alicyclic amines) is 1.